The topological polar surface area (TPSA) is 63.7 Å². The third-order valence-electron chi connectivity index (χ3n) is 4.15. The number of benzene rings is 3. The van der Waals surface area contributed by atoms with E-state index in [4.69, 9.17) is 4.74 Å². The maximum Gasteiger partial charge on any atom is 0.337 e. The number of methoxy groups -OCH3 is 1. The Balaban J connectivity index is 2.06. The molecule has 6 heteroatoms. The van der Waals surface area contributed by atoms with Gasteiger partial charge in [-0.2, -0.15) is 0 Å². The van der Waals surface area contributed by atoms with Crippen LogP contribution in [-0.4, -0.2) is 28.0 Å². The van der Waals surface area contributed by atoms with Crippen molar-refractivity contribution in [3.8, 4) is 0 Å². The van der Waals surface area contributed by atoms with Gasteiger partial charge in [0.05, 0.1) is 23.3 Å². The van der Waals surface area contributed by atoms with Crippen molar-refractivity contribution in [2.45, 2.75) is 11.8 Å². The van der Waals surface area contributed by atoms with Gasteiger partial charge in [-0.25, -0.2) is 13.2 Å². The molecule has 0 spiro atoms. The molecule has 0 aliphatic heterocycles. The fourth-order valence-corrected chi connectivity index (χ4v) is 4.35. The molecule has 3 rings (SSSR count). The molecule has 0 amide bonds. The van der Waals surface area contributed by atoms with Gasteiger partial charge in [0.2, 0.25) is 0 Å². The summed E-state index contributed by atoms with van der Waals surface area (Å²) in [5.74, 6) is -0.508. The van der Waals surface area contributed by atoms with E-state index in [0.29, 0.717) is 11.3 Å². The molecule has 0 saturated carbocycles. The molecule has 3 aromatic rings. The van der Waals surface area contributed by atoms with Crippen molar-refractivity contribution in [2.75, 3.05) is 18.0 Å². The van der Waals surface area contributed by atoms with Gasteiger partial charge in [-0.1, -0.05) is 36.4 Å². The SMILES string of the molecule is CCN(c1cccc(C(=O)OC)c1)S(=O)(=O)c1ccc2ccccc2c1. The van der Waals surface area contributed by atoms with E-state index < -0.39 is 16.0 Å². The monoisotopic (exact) mass is 369 g/mol. The molecule has 0 aliphatic rings. The van der Waals surface area contributed by atoms with Gasteiger partial charge in [-0.3, -0.25) is 4.31 Å². The van der Waals surface area contributed by atoms with Crippen molar-refractivity contribution in [3.63, 3.8) is 0 Å². The number of rotatable bonds is 5. The first kappa shape index (κ1) is 17.9. The Morgan fingerprint density at radius 1 is 0.962 bits per heavy atom. The zero-order valence-corrected chi connectivity index (χ0v) is 15.4. The van der Waals surface area contributed by atoms with Gasteiger partial charge in [-0.05, 0) is 48.0 Å². The van der Waals surface area contributed by atoms with Gasteiger partial charge in [0.15, 0.2) is 0 Å². The molecule has 0 fully saturated rings. The Morgan fingerprint density at radius 3 is 2.38 bits per heavy atom. The molecule has 0 heterocycles. The lowest BCUT2D eigenvalue weighted by molar-refractivity contribution is 0.0600. The van der Waals surface area contributed by atoms with Crippen LogP contribution < -0.4 is 4.31 Å². The van der Waals surface area contributed by atoms with Gasteiger partial charge in [-0.15, -0.1) is 0 Å². The molecule has 134 valence electrons. The van der Waals surface area contributed by atoms with E-state index in [2.05, 4.69) is 0 Å². The van der Waals surface area contributed by atoms with Gasteiger partial charge >= 0.3 is 5.97 Å². The van der Waals surface area contributed by atoms with E-state index in [9.17, 15) is 13.2 Å². The Labute approximate surface area is 152 Å². The summed E-state index contributed by atoms with van der Waals surface area (Å²) in [6, 6.07) is 19.1. The highest BCUT2D eigenvalue weighted by atomic mass is 32.2. The smallest absolute Gasteiger partial charge is 0.337 e. The molecule has 0 bridgehead atoms. The minimum Gasteiger partial charge on any atom is -0.465 e. The molecule has 3 aromatic carbocycles. The highest BCUT2D eigenvalue weighted by Gasteiger charge is 2.24. The van der Waals surface area contributed by atoms with Gasteiger partial charge < -0.3 is 4.74 Å². The first-order valence-corrected chi connectivity index (χ1v) is 9.61. The summed E-state index contributed by atoms with van der Waals surface area (Å²) in [7, 11) is -2.47. The maximum atomic E-state index is 13.2. The van der Waals surface area contributed by atoms with E-state index in [0.717, 1.165) is 10.8 Å². The Morgan fingerprint density at radius 2 is 1.69 bits per heavy atom. The minimum atomic E-state index is -3.76. The minimum absolute atomic E-state index is 0.210. The molecule has 0 radical (unpaired) electrons. The van der Waals surface area contributed by atoms with Crippen molar-refractivity contribution >= 4 is 32.5 Å². The van der Waals surface area contributed by atoms with Gasteiger partial charge in [0, 0.05) is 6.54 Å². The molecule has 0 unspecified atom stereocenters. The lowest BCUT2D eigenvalue weighted by Gasteiger charge is -2.23. The number of esters is 1. The van der Waals surface area contributed by atoms with E-state index >= 15 is 0 Å². The van der Waals surface area contributed by atoms with Crippen molar-refractivity contribution in [1.82, 2.24) is 0 Å². The maximum absolute atomic E-state index is 13.2. The summed E-state index contributed by atoms with van der Waals surface area (Å²) in [5.41, 5.74) is 0.723. The van der Waals surface area contributed by atoms with Crippen LogP contribution in [0.25, 0.3) is 10.8 Å². The van der Waals surface area contributed by atoms with Crippen LogP contribution >= 0.6 is 0 Å². The molecule has 0 saturated heterocycles. The molecule has 0 N–H and O–H groups in total. The summed E-state index contributed by atoms with van der Waals surface area (Å²) >= 11 is 0. The van der Waals surface area contributed by atoms with Crippen LogP contribution in [0.1, 0.15) is 17.3 Å². The molecular weight excluding hydrogens is 350 g/mol. The lowest BCUT2D eigenvalue weighted by Crippen LogP contribution is -2.31. The molecular formula is C20H19NO4S. The average Bonchev–Trinajstić information content (AvgIpc) is 2.67. The number of sulfonamides is 1. The summed E-state index contributed by atoms with van der Waals surface area (Å²) in [4.78, 5) is 12.0. The highest BCUT2D eigenvalue weighted by Crippen LogP contribution is 2.27. The van der Waals surface area contributed by atoms with E-state index in [1.54, 1.807) is 43.3 Å². The van der Waals surface area contributed by atoms with Crippen LogP contribution in [0.15, 0.2) is 71.6 Å². The number of carbonyl (C=O) groups excluding carboxylic acids is 1. The van der Waals surface area contributed by atoms with E-state index in [1.807, 2.05) is 24.3 Å². The number of nitrogens with zero attached hydrogens (tertiary/aromatic N) is 1. The van der Waals surface area contributed by atoms with Crippen molar-refractivity contribution in [3.05, 3.63) is 72.3 Å². The van der Waals surface area contributed by atoms with Crippen LogP contribution in [0.2, 0.25) is 0 Å². The summed E-state index contributed by atoms with van der Waals surface area (Å²) < 4.78 is 32.3. The Kier molecular flexibility index (Phi) is 4.95. The number of hydrogen-bond donors (Lipinski definition) is 0. The largest absolute Gasteiger partial charge is 0.465 e. The standard InChI is InChI=1S/C20H19NO4S/c1-3-21(18-10-6-9-17(13-18)20(22)25-2)26(23,24)19-12-11-15-7-4-5-8-16(15)14-19/h4-14H,3H2,1-2H3. The first-order valence-electron chi connectivity index (χ1n) is 8.17. The van der Waals surface area contributed by atoms with Crippen molar-refractivity contribution < 1.29 is 17.9 Å². The fourth-order valence-electron chi connectivity index (χ4n) is 2.85. The van der Waals surface area contributed by atoms with Crippen LogP contribution in [0.4, 0.5) is 5.69 Å². The van der Waals surface area contributed by atoms with Crippen molar-refractivity contribution in [2.24, 2.45) is 0 Å². The molecule has 5 nitrogen and oxygen atoms in total. The van der Waals surface area contributed by atoms with Crippen LogP contribution in [-0.2, 0) is 14.8 Å². The highest BCUT2D eigenvalue weighted by molar-refractivity contribution is 7.92. The second kappa shape index (κ2) is 7.17. The van der Waals surface area contributed by atoms with E-state index in [-0.39, 0.29) is 11.4 Å². The Bertz CT molecular complexity index is 1060. The summed E-state index contributed by atoms with van der Waals surface area (Å²) in [5, 5.41) is 1.83. The van der Waals surface area contributed by atoms with E-state index in [1.165, 1.54) is 17.5 Å². The second-order valence-corrected chi connectivity index (χ2v) is 7.58. The molecule has 0 aromatic heterocycles. The quantitative estimate of drug-likeness (QED) is 0.641. The molecule has 0 aliphatic carbocycles. The summed E-state index contributed by atoms with van der Waals surface area (Å²) in [6.45, 7) is 1.99. The van der Waals surface area contributed by atoms with Crippen molar-refractivity contribution in [1.29, 1.82) is 0 Å². The zero-order chi connectivity index (χ0) is 18.7. The zero-order valence-electron chi connectivity index (χ0n) is 14.5. The van der Waals surface area contributed by atoms with Crippen LogP contribution in [0.5, 0.6) is 0 Å². The summed E-state index contributed by atoms with van der Waals surface area (Å²) in [6.07, 6.45) is 0. The third-order valence-corrected chi connectivity index (χ3v) is 6.05. The lowest BCUT2D eigenvalue weighted by atomic mass is 10.1. The number of carbonyl (C=O) groups is 1. The fraction of sp³-hybridized carbons (Fsp3) is 0.150. The molecule has 0 atom stereocenters. The van der Waals surface area contributed by atoms with Crippen LogP contribution in [0, 0.1) is 0 Å². The Hall–Kier alpha value is -2.86. The number of anilines is 1. The second-order valence-electron chi connectivity index (χ2n) is 5.72. The average molecular weight is 369 g/mol. The first-order chi connectivity index (χ1) is 12.5. The number of fused-ring (bicyclic) bond motifs is 1. The number of ether oxygens (including phenoxy) is 1. The molecule has 26 heavy (non-hydrogen) atoms. The third kappa shape index (κ3) is 3.28. The van der Waals surface area contributed by atoms with Crippen LogP contribution in [0.3, 0.4) is 0 Å². The number of hydrogen-bond acceptors (Lipinski definition) is 4. The predicted molar refractivity (Wildman–Crippen MR) is 102 cm³/mol. The normalized spacial score (nSPS) is 11.3. The van der Waals surface area contributed by atoms with Gasteiger partial charge in [0.1, 0.15) is 0 Å². The van der Waals surface area contributed by atoms with Gasteiger partial charge in [0.25, 0.3) is 10.0 Å². The predicted octanol–water partition coefficient (Wildman–Crippen LogP) is 3.84.